The van der Waals surface area contributed by atoms with E-state index >= 15 is 0 Å². The second-order valence-corrected chi connectivity index (χ2v) is 10.8. The fourth-order valence-electron chi connectivity index (χ4n) is 3.85. The maximum atomic E-state index is 13.2. The number of nitrogens with one attached hydrogen (secondary N) is 1. The van der Waals surface area contributed by atoms with E-state index in [0.717, 1.165) is 4.90 Å². The second kappa shape index (κ2) is 9.49. The molecule has 0 radical (unpaired) electrons. The third-order valence-electron chi connectivity index (χ3n) is 5.58. The highest BCUT2D eigenvalue weighted by Gasteiger charge is 2.73. The number of benzene rings is 1. The SMILES string of the molecule is CCOC(=O)OC(C)OC(=O)[C@@H]1N2C(=O)C(NC(=O)OCc3ccccc3)[C@H]2S(=O)(=O)C1(C)C. The lowest BCUT2D eigenvalue weighted by molar-refractivity contribution is -0.180. The highest BCUT2D eigenvalue weighted by atomic mass is 32.2. The summed E-state index contributed by atoms with van der Waals surface area (Å²) in [5.74, 6) is -1.86. The molecule has 1 aromatic carbocycles. The van der Waals surface area contributed by atoms with Crippen molar-refractivity contribution in [3.8, 4) is 0 Å². The number of hydrogen-bond acceptors (Lipinski definition) is 10. The Kier molecular flexibility index (Phi) is 7.05. The van der Waals surface area contributed by atoms with Crippen molar-refractivity contribution in [2.45, 2.75) is 62.8 Å². The zero-order valence-corrected chi connectivity index (χ0v) is 19.9. The molecular weight excluding hydrogens is 472 g/mol. The van der Waals surface area contributed by atoms with E-state index in [1.807, 2.05) is 0 Å². The van der Waals surface area contributed by atoms with Crippen molar-refractivity contribution in [2.24, 2.45) is 0 Å². The van der Waals surface area contributed by atoms with Gasteiger partial charge in [0.15, 0.2) is 15.2 Å². The summed E-state index contributed by atoms with van der Waals surface area (Å²) in [5.41, 5.74) is 0.704. The smallest absolute Gasteiger partial charge is 0.445 e. The number of fused-ring (bicyclic) bond motifs is 1. The van der Waals surface area contributed by atoms with Gasteiger partial charge in [0, 0.05) is 6.92 Å². The molecule has 4 atom stereocenters. The minimum atomic E-state index is -4.12. The molecule has 2 saturated heterocycles. The lowest BCUT2D eigenvalue weighted by atomic mass is 9.96. The van der Waals surface area contributed by atoms with E-state index in [1.165, 1.54) is 20.8 Å². The Morgan fingerprint density at radius 3 is 2.38 bits per heavy atom. The van der Waals surface area contributed by atoms with Gasteiger partial charge in [0.05, 0.1) is 6.61 Å². The van der Waals surface area contributed by atoms with Gasteiger partial charge in [0.2, 0.25) is 12.2 Å². The van der Waals surface area contributed by atoms with Gasteiger partial charge < -0.3 is 29.2 Å². The summed E-state index contributed by atoms with van der Waals surface area (Å²) < 4.78 is 44.0. The number of ether oxygens (including phenoxy) is 4. The van der Waals surface area contributed by atoms with Crippen LogP contribution >= 0.6 is 0 Å². The van der Waals surface area contributed by atoms with Crippen LogP contribution in [0.25, 0.3) is 0 Å². The van der Waals surface area contributed by atoms with E-state index < -0.39 is 62.5 Å². The second-order valence-electron chi connectivity index (χ2n) is 8.18. The predicted octanol–water partition coefficient (Wildman–Crippen LogP) is 1.09. The zero-order chi connectivity index (χ0) is 25.3. The number of β-lactam (4-membered cyclic amide) rings is 1. The summed E-state index contributed by atoms with van der Waals surface area (Å²) in [6.45, 7) is 5.32. The maximum absolute atomic E-state index is 13.2. The van der Waals surface area contributed by atoms with Crippen LogP contribution in [0.2, 0.25) is 0 Å². The molecule has 0 bridgehead atoms. The molecule has 2 fully saturated rings. The van der Waals surface area contributed by atoms with Crippen LogP contribution in [0, 0.1) is 0 Å². The lowest BCUT2D eigenvalue weighted by Gasteiger charge is -2.42. The topological polar surface area (TPSA) is 155 Å². The van der Waals surface area contributed by atoms with Gasteiger partial charge in [0.1, 0.15) is 23.4 Å². The van der Waals surface area contributed by atoms with Gasteiger partial charge in [-0.3, -0.25) is 4.79 Å². The molecule has 34 heavy (non-hydrogen) atoms. The van der Waals surface area contributed by atoms with Crippen LogP contribution in [0.1, 0.15) is 33.3 Å². The van der Waals surface area contributed by atoms with E-state index in [4.69, 9.17) is 14.2 Å². The van der Waals surface area contributed by atoms with Gasteiger partial charge in [-0.25, -0.2) is 22.8 Å². The van der Waals surface area contributed by atoms with Crippen molar-refractivity contribution in [3.05, 3.63) is 35.9 Å². The zero-order valence-electron chi connectivity index (χ0n) is 19.0. The molecule has 2 amide bonds. The van der Waals surface area contributed by atoms with Gasteiger partial charge in [-0.1, -0.05) is 30.3 Å². The van der Waals surface area contributed by atoms with Crippen LogP contribution < -0.4 is 5.32 Å². The number of carbonyl (C=O) groups excluding carboxylic acids is 4. The molecule has 186 valence electrons. The number of rotatable bonds is 7. The van der Waals surface area contributed by atoms with Crippen molar-refractivity contribution in [3.63, 3.8) is 0 Å². The summed E-state index contributed by atoms with van der Waals surface area (Å²) in [4.78, 5) is 50.0. The first kappa shape index (κ1) is 25.3. The van der Waals surface area contributed by atoms with Gasteiger partial charge in [-0.2, -0.15) is 0 Å². The van der Waals surface area contributed by atoms with E-state index in [9.17, 15) is 27.6 Å². The summed E-state index contributed by atoms with van der Waals surface area (Å²) in [6, 6.07) is 5.85. The molecule has 2 heterocycles. The highest BCUT2D eigenvalue weighted by Crippen LogP contribution is 2.46. The minimum absolute atomic E-state index is 0.0412. The van der Waals surface area contributed by atoms with E-state index in [1.54, 1.807) is 37.3 Å². The molecule has 0 aromatic heterocycles. The van der Waals surface area contributed by atoms with Crippen molar-refractivity contribution < 1.29 is 46.5 Å². The first-order valence-corrected chi connectivity index (χ1v) is 12.0. The molecule has 13 heteroatoms. The Balaban J connectivity index is 1.69. The number of esters is 1. The van der Waals surface area contributed by atoms with Gasteiger partial charge in [0.25, 0.3) is 0 Å². The molecule has 2 aliphatic heterocycles. The minimum Gasteiger partial charge on any atom is -0.445 e. The third-order valence-corrected chi connectivity index (χ3v) is 8.41. The average molecular weight is 499 g/mol. The van der Waals surface area contributed by atoms with E-state index in [-0.39, 0.29) is 13.2 Å². The third kappa shape index (κ3) is 4.52. The highest BCUT2D eigenvalue weighted by molar-refractivity contribution is 7.94. The number of carbonyl (C=O) groups is 4. The Hall–Kier alpha value is -3.35. The summed E-state index contributed by atoms with van der Waals surface area (Å²) in [6.07, 6.45) is -3.43. The Morgan fingerprint density at radius 1 is 1.12 bits per heavy atom. The van der Waals surface area contributed by atoms with Crippen molar-refractivity contribution in [2.75, 3.05) is 6.61 Å². The molecule has 0 saturated carbocycles. The largest absolute Gasteiger partial charge is 0.511 e. The van der Waals surface area contributed by atoms with Crippen LogP contribution in [0.3, 0.4) is 0 Å². The maximum Gasteiger partial charge on any atom is 0.511 e. The van der Waals surface area contributed by atoms with Gasteiger partial charge >= 0.3 is 18.2 Å². The van der Waals surface area contributed by atoms with Crippen LogP contribution in [0.4, 0.5) is 9.59 Å². The van der Waals surface area contributed by atoms with Crippen molar-refractivity contribution >= 4 is 34.0 Å². The monoisotopic (exact) mass is 498 g/mol. The van der Waals surface area contributed by atoms with Crippen LogP contribution in [0.15, 0.2) is 30.3 Å². The predicted molar refractivity (Wildman–Crippen MR) is 115 cm³/mol. The number of amides is 2. The number of alkyl carbamates (subject to hydrolysis) is 1. The number of nitrogens with zero attached hydrogens (tertiary/aromatic N) is 1. The quantitative estimate of drug-likeness (QED) is 0.250. The summed E-state index contributed by atoms with van der Waals surface area (Å²) in [5, 5.41) is 0.798. The van der Waals surface area contributed by atoms with Crippen molar-refractivity contribution in [1.82, 2.24) is 10.2 Å². The van der Waals surface area contributed by atoms with E-state index in [2.05, 4.69) is 10.1 Å². The molecule has 3 rings (SSSR count). The Labute approximate surface area is 196 Å². The standard InChI is InChI=1S/C21H26N2O10S/c1-5-30-20(27)33-12(2)32-18(25)15-21(3,4)34(28,29)17-14(16(24)23(15)17)22-19(26)31-11-13-9-7-6-8-10-13/h6-10,12,14-15,17H,5,11H2,1-4H3,(H,22,26)/t12?,14?,15-,17+/m0/s1. The van der Waals surface area contributed by atoms with Crippen LogP contribution in [-0.4, -0.2) is 72.5 Å². The van der Waals surface area contributed by atoms with Crippen LogP contribution in [-0.2, 0) is 45.0 Å². The molecule has 2 unspecified atom stereocenters. The molecule has 0 spiro atoms. The lowest BCUT2D eigenvalue weighted by Crippen LogP contribution is -2.72. The van der Waals surface area contributed by atoms with Crippen LogP contribution in [0.5, 0.6) is 0 Å². The number of sulfone groups is 1. The Bertz CT molecular complexity index is 1070. The average Bonchev–Trinajstić information content (AvgIpc) is 2.91. The molecule has 2 aliphatic rings. The Morgan fingerprint density at radius 2 is 1.76 bits per heavy atom. The van der Waals surface area contributed by atoms with E-state index in [0.29, 0.717) is 5.56 Å². The van der Waals surface area contributed by atoms with Crippen molar-refractivity contribution in [1.29, 1.82) is 0 Å². The first-order chi connectivity index (χ1) is 15.9. The molecule has 0 aliphatic carbocycles. The fourth-order valence-corrected chi connectivity index (χ4v) is 6.06. The first-order valence-electron chi connectivity index (χ1n) is 10.5. The molecule has 12 nitrogen and oxygen atoms in total. The summed E-state index contributed by atoms with van der Waals surface area (Å²) >= 11 is 0. The molecular formula is C21H26N2O10S. The van der Waals surface area contributed by atoms with Gasteiger partial charge in [-0.05, 0) is 26.3 Å². The molecule has 1 aromatic rings. The summed E-state index contributed by atoms with van der Waals surface area (Å²) in [7, 11) is -4.12. The number of hydrogen-bond donors (Lipinski definition) is 1. The normalized spacial score (nSPS) is 24.8. The molecule has 1 N–H and O–H groups in total. The van der Waals surface area contributed by atoms with Gasteiger partial charge in [-0.15, -0.1) is 0 Å². The fraction of sp³-hybridized carbons (Fsp3) is 0.524.